The van der Waals surface area contributed by atoms with Crippen LogP contribution in [0.5, 0.6) is 0 Å². The largest absolute Gasteiger partial charge is 0.399 e. The number of amides is 1. The van der Waals surface area contributed by atoms with E-state index in [1.165, 1.54) is 12.1 Å². The number of carbonyl (C=O) groups excluding carboxylic acids is 1. The van der Waals surface area contributed by atoms with Crippen molar-refractivity contribution in [2.75, 3.05) is 19.3 Å². The first-order valence-corrected chi connectivity index (χ1v) is 4.49. The highest BCUT2D eigenvalue weighted by molar-refractivity contribution is 5.75. The molecule has 0 aromatic heterocycles. The van der Waals surface area contributed by atoms with E-state index in [9.17, 15) is 9.18 Å². The van der Waals surface area contributed by atoms with Crippen LogP contribution in [0.4, 0.5) is 10.1 Å². The number of carbonyl (C=O) groups is 1. The molecular formula is C10H14FN3O. The summed E-state index contributed by atoms with van der Waals surface area (Å²) in [6.07, 6.45) is 0. The molecule has 4 nitrogen and oxygen atoms in total. The Balaban J connectivity index is 2.67. The molecule has 5 heteroatoms. The van der Waals surface area contributed by atoms with Gasteiger partial charge < -0.3 is 11.5 Å². The number of hydrogen-bond acceptors (Lipinski definition) is 3. The molecule has 0 saturated carbocycles. The van der Waals surface area contributed by atoms with Gasteiger partial charge in [-0.1, -0.05) is 0 Å². The van der Waals surface area contributed by atoms with Gasteiger partial charge in [0, 0.05) is 12.2 Å². The molecule has 0 radical (unpaired) electrons. The molecule has 0 heterocycles. The van der Waals surface area contributed by atoms with Crippen molar-refractivity contribution in [3.05, 3.63) is 29.6 Å². The topological polar surface area (TPSA) is 72.3 Å². The van der Waals surface area contributed by atoms with Gasteiger partial charge in [-0.2, -0.15) is 0 Å². The predicted octanol–water partition coefficient (Wildman–Crippen LogP) is 0.325. The molecule has 4 N–H and O–H groups in total. The number of primary amides is 1. The van der Waals surface area contributed by atoms with Gasteiger partial charge in [-0.15, -0.1) is 0 Å². The van der Waals surface area contributed by atoms with E-state index in [4.69, 9.17) is 11.5 Å². The van der Waals surface area contributed by atoms with Crippen molar-refractivity contribution in [1.29, 1.82) is 0 Å². The normalized spacial score (nSPS) is 10.6. The Kier molecular flexibility index (Phi) is 3.62. The van der Waals surface area contributed by atoms with Crippen LogP contribution >= 0.6 is 0 Å². The van der Waals surface area contributed by atoms with Gasteiger partial charge in [0.15, 0.2) is 0 Å². The molecule has 1 rings (SSSR count). The third-order valence-corrected chi connectivity index (χ3v) is 1.86. The second kappa shape index (κ2) is 4.75. The zero-order chi connectivity index (χ0) is 11.4. The fourth-order valence-corrected chi connectivity index (χ4v) is 1.40. The molecule has 0 bridgehead atoms. The van der Waals surface area contributed by atoms with E-state index < -0.39 is 5.91 Å². The maximum Gasteiger partial charge on any atom is 0.231 e. The number of likely N-dealkylation sites (N-methyl/N-ethyl adjacent to an activating group) is 1. The highest BCUT2D eigenvalue weighted by Crippen LogP contribution is 2.12. The monoisotopic (exact) mass is 211 g/mol. The Hall–Kier alpha value is -1.62. The van der Waals surface area contributed by atoms with Crippen molar-refractivity contribution >= 4 is 11.6 Å². The predicted molar refractivity (Wildman–Crippen MR) is 56.3 cm³/mol. The summed E-state index contributed by atoms with van der Waals surface area (Å²) in [4.78, 5) is 12.3. The number of rotatable bonds is 4. The summed E-state index contributed by atoms with van der Waals surface area (Å²) in [6.45, 7) is 0.571. The number of halogens is 1. The summed E-state index contributed by atoms with van der Waals surface area (Å²) < 4.78 is 13.0. The number of nitrogens with two attached hydrogens (primary N) is 2. The summed E-state index contributed by atoms with van der Waals surface area (Å²) in [5.41, 5.74) is 11.6. The number of anilines is 1. The Labute approximate surface area is 87.7 Å². The molecule has 1 aromatic carbocycles. The van der Waals surface area contributed by atoms with E-state index in [-0.39, 0.29) is 12.4 Å². The lowest BCUT2D eigenvalue weighted by molar-refractivity contribution is -0.118. The molecule has 0 unspecified atom stereocenters. The van der Waals surface area contributed by atoms with Gasteiger partial charge in [0.05, 0.1) is 6.54 Å². The van der Waals surface area contributed by atoms with Crippen LogP contribution in [0.3, 0.4) is 0 Å². The van der Waals surface area contributed by atoms with Crippen molar-refractivity contribution in [1.82, 2.24) is 4.90 Å². The first kappa shape index (κ1) is 11.5. The zero-order valence-corrected chi connectivity index (χ0v) is 8.53. The zero-order valence-electron chi connectivity index (χ0n) is 8.53. The van der Waals surface area contributed by atoms with Crippen LogP contribution in [0.25, 0.3) is 0 Å². The van der Waals surface area contributed by atoms with Crippen LogP contribution < -0.4 is 11.5 Å². The molecule has 0 atom stereocenters. The van der Waals surface area contributed by atoms with E-state index in [0.29, 0.717) is 12.2 Å². The van der Waals surface area contributed by atoms with Gasteiger partial charge in [0.1, 0.15) is 5.82 Å². The van der Waals surface area contributed by atoms with Crippen LogP contribution in [0, 0.1) is 5.82 Å². The van der Waals surface area contributed by atoms with E-state index in [0.717, 1.165) is 5.56 Å². The highest BCUT2D eigenvalue weighted by Gasteiger charge is 2.05. The molecule has 0 saturated heterocycles. The van der Waals surface area contributed by atoms with Gasteiger partial charge >= 0.3 is 0 Å². The average molecular weight is 211 g/mol. The summed E-state index contributed by atoms with van der Waals surface area (Å²) in [5, 5.41) is 0. The molecule has 0 aliphatic rings. The fraction of sp³-hybridized carbons (Fsp3) is 0.300. The molecule has 82 valence electrons. The van der Waals surface area contributed by atoms with E-state index in [1.54, 1.807) is 18.0 Å². The molecule has 0 aliphatic carbocycles. The van der Waals surface area contributed by atoms with Crippen LogP contribution in [-0.2, 0) is 11.3 Å². The van der Waals surface area contributed by atoms with Gasteiger partial charge in [-0.25, -0.2) is 4.39 Å². The fourth-order valence-electron chi connectivity index (χ4n) is 1.40. The lowest BCUT2D eigenvalue weighted by atomic mass is 10.2. The molecule has 1 amide bonds. The third-order valence-electron chi connectivity index (χ3n) is 1.86. The quantitative estimate of drug-likeness (QED) is 0.705. The smallest absolute Gasteiger partial charge is 0.231 e. The second-order valence-electron chi connectivity index (χ2n) is 3.53. The first-order valence-electron chi connectivity index (χ1n) is 4.49. The van der Waals surface area contributed by atoms with Crippen molar-refractivity contribution in [3.8, 4) is 0 Å². The van der Waals surface area contributed by atoms with Crippen molar-refractivity contribution in [2.45, 2.75) is 6.54 Å². The third kappa shape index (κ3) is 3.95. The lowest BCUT2D eigenvalue weighted by Crippen LogP contribution is -2.30. The minimum atomic E-state index is -0.415. The van der Waals surface area contributed by atoms with Crippen LogP contribution in [0.15, 0.2) is 18.2 Å². The maximum absolute atomic E-state index is 13.0. The Morgan fingerprint density at radius 2 is 2.13 bits per heavy atom. The lowest BCUT2D eigenvalue weighted by Gasteiger charge is -2.14. The number of hydrogen-bond donors (Lipinski definition) is 2. The Morgan fingerprint density at radius 1 is 1.47 bits per heavy atom. The number of nitrogens with zero attached hydrogens (tertiary/aromatic N) is 1. The Bertz CT molecular complexity index is 347. The summed E-state index contributed by atoms with van der Waals surface area (Å²) in [6, 6.07) is 4.30. The molecule has 1 aromatic rings. The molecule has 15 heavy (non-hydrogen) atoms. The highest BCUT2D eigenvalue weighted by atomic mass is 19.1. The standard InChI is InChI=1S/C10H14FN3O/c1-14(6-10(13)15)5-7-2-8(11)4-9(12)3-7/h2-4H,5-6,12H2,1H3,(H2,13,15). The second-order valence-corrected chi connectivity index (χ2v) is 3.53. The van der Waals surface area contributed by atoms with Gasteiger partial charge in [0.2, 0.25) is 5.91 Å². The van der Waals surface area contributed by atoms with Crippen molar-refractivity contribution < 1.29 is 9.18 Å². The van der Waals surface area contributed by atoms with Gasteiger partial charge in [-0.05, 0) is 30.8 Å². The molecule has 0 fully saturated rings. The van der Waals surface area contributed by atoms with Crippen LogP contribution in [0.1, 0.15) is 5.56 Å². The van der Waals surface area contributed by atoms with Gasteiger partial charge in [-0.3, -0.25) is 9.69 Å². The maximum atomic E-state index is 13.0. The van der Waals surface area contributed by atoms with Gasteiger partial charge in [0.25, 0.3) is 0 Å². The van der Waals surface area contributed by atoms with Crippen molar-refractivity contribution in [3.63, 3.8) is 0 Å². The summed E-state index contributed by atoms with van der Waals surface area (Å²) in [7, 11) is 1.73. The molecular weight excluding hydrogens is 197 g/mol. The molecule has 0 aliphatic heterocycles. The van der Waals surface area contributed by atoms with Crippen LogP contribution in [0.2, 0.25) is 0 Å². The summed E-state index contributed by atoms with van der Waals surface area (Å²) >= 11 is 0. The number of nitrogen functional groups attached to an aromatic ring is 1. The SMILES string of the molecule is CN(CC(N)=O)Cc1cc(N)cc(F)c1. The van der Waals surface area contributed by atoms with E-state index in [2.05, 4.69) is 0 Å². The average Bonchev–Trinajstić information content (AvgIpc) is 1.98. The molecule has 0 spiro atoms. The van der Waals surface area contributed by atoms with Crippen LogP contribution in [-0.4, -0.2) is 24.4 Å². The Morgan fingerprint density at radius 3 is 2.67 bits per heavy atom. The van der Waals surface area contributed by atoms with Crippen molar-refractivity contribution in [2.24, 2.45) is 5.73 Å². The summed E-state index contributed by atoms with van der Waals surface area (Å²) in [5.74, 6) is -0.792. The first-order chi connectivity index (χ1) is 6.97. The van der Waals surface area contributed by atoms with E-state index in [1.807, 2.05) is 0 Å². The minimum absolute atomic E-state index is 0.135. The minimum Gasteiger partial charge on any atom is -0.399 e. The number of benzene rings is 1. The van der Waals surface area contributed by atoms with E-state index >= 15 is 0 Å².